The molecular formula is C25H28ClF3N6O3. The van der Waals surface area contributed by atoms with Crippen LogP contribution in [0.1, 0.15) is 66.4 Å². The molecule has 1 aliphatic carbocycles. The number of likely N-dealkylation sites (tertiary alicyclic amines) is 1. The van der Waals surface area contributed by atoms with E-state index in [2.05, 4.69) is 21.6 Å². The minimum Gasteiger partial charge on any atom is -0.406 e. The molecule has 9 nitrogen and oxygen atoms in total. The number of nitrogen functional groups attached to an aromatic ring is 1. The maximum Gasteiger partial charge on any atom is 0.573 e. The Labute approximate surface area is 222 Å². The number of aromatic amines is 1. The van der Waals surface area contributed by atoms with E-state index in [1.807, 2.05) is 6.07 Å². The van der Waals surface area contributed by atoms with E-state index in [0.29, 0.717) is 37.4 Å². The molecule has 1 amide bonds. The highest BCUT2D eigenvalue weighted by Crippen LogP contribution is 2.59. The van der Waals surface area contributed by atoms with E-state index < -0.39 is 17.7 Å². The number of carbonyl (C=O) groups is 1. The molecule has 3 saturated heterocycles. The van der Waals surface area contributed by atoms with Gasteiger partial charge in [0.2, 0.25) is 0 Å². The van der Waals surface area contributed by atoms with Gasteiger partial charge in [-0.25, -0.2) is 9.97 Å². The number of ether oxygens (including phenoxy) is 2. The van der Waals surface area contributed by atoms with Gasteiger partial charge in [-0.15, -0.1) is 25.6 Å². The fraction of sp³-hybridized carbons (Fsp3) is 0.480. The molecule has 1 saturated carbocycles. The van der Waals surface area contributed by atoms with E-state index in [4.69, 9.17) is 21.2 Å². The first kappa shape index (κ1) is 26.5. The fourth-order valence-corrected chi connectivity index (χ4v) is 6.25. The highest BCUT2D eigenvalue weighted by Gasteiger charge is 2.65. The molecule has 1 unspecified atom stereocenters. The van der Waals surface area contributed by atoms with Gasteiger partial charge in [-0.2, -0.15) is 0 Å². The third-order valence-electron chi connectivity index (χ3n) is 7.73. The van der Waals surface area contributed by atoms with Gasteiger partial charge in [-0.1, -0.05) is 0 Å². The van der Waals surface area contributed by atoms with E-state index in [0.717, 1.165) is 36.1 Å². The molecule has 3 aromatic rings. The van der Waals surface area contributed by atoms with Crippen molar-refractivity contribution in [3.05, 3.63) is 47.4 Å². The van der Waals surface area contributed by atoms with Crippen LogP contribution >= 0.6 is 12.4 Å². The second-order valence-electron chi connectivity index (χ2n) is 10.6. The number of fused-ring (bicyclic) bond motifs is 2. The number of nitrogens with one attached hydrogen (secondary N) is 1. The lowest BCUT2D eigenvalue weighted by Gasteiger charge is -2.39. The zero-order valence-electron chi connectivity index (χ0n) is 20.5. The number of nitrogens with two attached hydrogens (primary N) is 2. The maximum absolute atomic E-state index is 13.0. The zero-order chi connectivity index (χ0) is 26.2. The molecule has 1 aromatic carbocycles. The summed E-state index contributed by atoms with van der Waals surface area (Å²) in [6.45, 7) is 3.02. The second-order valence-corrected chi connectivity index (χ2v) is 10.6. The van der Waals surface area contributed by atoms with Crippen LogP contribution in [0.2, 0.25) is 0 Å². The van der Waals surface area contributed by atoms with Crippen molar-refractivity contribution in [3.8, 4) is 5.75 Å². The highest BCUT2D eigenvalue weighted by molar-refractivity contribution is 5.99. The van der Waals surface area contributed by atoms with Gasteiger partial charge in [0.15, 0.2) is 5.65 Å². The Hall–Kier alpha value is -3.09. The van der Waals surface area contributed by atoms with Crippen LogP contribution in [0.25, 0.3) is 11.2 Å². The summed E-state index contributed by atoms with van der Waals surface area (Å²) in [6.07, 6.45) is -0.381. The first-order valence-corrected chi connectivity index (χ1v) is 12.2. The molecule has 5 heterocycles. The van der Waals surface area contributed by atoms with Gasteiger partial charge in [0.25, 0.3) is 5.91 Å². The first-order valence-electron chi connectivity index (χ1n) is 12.2. The molecule has 2 aromatic heterocycles. The third kappa shape index (κ3) is 4.54. The van der Waals surface area contributed by atoms with Gasteiger partial charge in [0, 0.05) is 31.0 Å². The van der Waals surface area contributed by atoms with Crippen molar-refractivity contribution in [2.45, 2.75) is 62.1 Å². The van der Waals surface area contributed by atoms with Crippen LogP contribution in [0.15, 0.2) is 30.5 Å². The number of hydrogen-bond acceptors (Lipinski definition) is 7. The number of alkyl halides is 3. The van der Waals surface area contributed by atoms with Crippen molar-refractivity contribution in [2.24, 2.45) is 5.73 Å². The second kappa shape index (κ2) is 8.99. The summed E-state index contributed by atoms with van der Waals surface area (Å²) < 4.78 is 47.5. The Morgan fingerprint density at radius 2 is 1.95 bits per heavy atom. The Bertz CT molecular complexity index is 1380. The minimum absolute atomic E-state index is 0. The van der Waals surface area contributed by atoms with E-state index in [9.17, 15) is 18.0 Å². The number of anilines is 1. The van der Waals surface area contributed by atoms with E-state index in [1.165, 1.54) is 6.07 Å². The van der Waals surface area contributed by atoms with Crippen LogP contribution in [0.3, 0.4) is 0 Å². The summed E-state index contributed by atoms with van der Waals surface area (Å²) in [4.78, 5) is 27.3. The predicted molar refractivity (Wildman–Crippen MR) is 135 cm³/mol. The number of benzene rings is 1. The number of nitrogens with zero attached hydrogens (tertiary/aromatic N) is 3. The standard InChI is InChI=1S/C25H27F3N6O3.ClH/c1-23-11-24(30,12-23)19(37-23)21-32-18-15(4-7-31-20(18)33-21)13-5-8-34(9-6-13)22(35)16-3-2-14(10-17(16)29)36-25(26,27)28;/h2-4,7,10,13,19H,5-6,8-9,11-12,29-30H2,1H3,(H,31,32,33);1H. The van der Waals surface area contributed by atoms with Crippen molar-refractivity contribution < 1.29 is 27.4 Å². The van der Waals surface area contributed by atoms with Crippen LogP contribution < -0.4 is 16.2 Å². The maximum atomic E-state index is 13.0. The molecule has 5 N–H and O–H groups in total. The average Bonchev–Trinajstić information content (AvgIpc) is 3.43. The lowest BCUT2D eigenvalue weighted by atomic mass is 9.67. The van der Waals surface area contributed by atoms with Crippen molar-refractivity contribution in [1.29, 1.82) is 0 Å². The van der Waals surface area contributed by atoms with Crippen molar-refractivity contribution >= 4 is 35.2 Å². The minimum atomic E-state index is -4.83. The average molecular weight is 553 g/mol. The molecule has 4 aliphatic rings. The van der Waals surface area contributed by atoms with Gasteiger partial charge in [0.1, 0.15) is 17.7 Å². The van der Waals surface area contributed by atoms with Crippen molar-refractivity contribution in [1.82, 2.24) is 19.9 Å². The number of hydrogen-bond donors (Lipinski definition) is 3. The SMILES string of the molecule is CC12CC(N)(C1)C(c1nc3nccc(C4CCN(C(=O)c5ccc(OC(F)(F)F)cc5N)CC4)c3[nH]1)O2.Cl. The van der Waals surface area contributed by atoms with Gasteiger partial charge in [-0.05, 0) is 62.3 Å². The van der Waals surface area contributed by atoms with Crippen LogP contribution in [0.5, 0.6) is 5.75 Å². The number of aromatic nitrogens is 3. The molecule has 7 rings (SSSR count). The predicted octanol–water partition coefficient (Wildman–Crippen LogP) is 4.20. The van der Waals surface area contributed by atoms with Gasteiger partial charge in [0.05, 0.1) is 22.2 Å². The van der Waals surface area contributed by atoms with Crippen molar-refractivity contribution in [3.63, 3.8) is 0 Å². The summed E-state index contributed by atoms with van der Waals surface area (Å²) in [5, 5.41) is 0. The topological polar surface area (TPSA) is 132 Å². The van der Waals surface area contributed by atoms with Gasteiger partial charge in [-0.3, -0.25) is 4.79 Å². The summed E-state index contributed by atoms with van der Waals surface area (Å²) in [7, 11) is 0. The zero-order valence-corrected chi connectivity index (χ0v) is 21.4. The van der Waals surface area contributed by atoms with Crippen LogP contribution in [0, 0.1) is 0 Å². The number of imidazole rings is 1. The molecule has 4 fully saturated rings. The molecule has 1 atom stereocenters. The van der Waals surface area contributed by atoms with E-state index >= 15 is 0 Å². The van der Waals surface area contributed by atoms with Crippen LogP contribution in [-0.4, -0.2) is 56.4 Å². The highest BCUT2D eigenvalue weighted by atomic mass is 35.5. The molecule has 0 radical (unpaired) electrons. The van der Waals surface area contributed by atoms with Gasteiger partial charge < -0.3 is 30.8 Å². The molecule has 38 heavy (non-hydrogen) atoms. The first-order chi connectivity index (χ1) is 17.4. The van der Waals surface area contributed by atoms with E-state index in [-0.39, 0.29) is 47.2 Å². The molecule has 13 heteroatoms. The number of pyridine rings is 1. The normalized spacial score (nSPS) is 27.2. The molecule has 204 valence electrons. The number of piperidine rings is 1. The molecule has 3 aliphatic heterocycles. The number of rotatable bonds is 4. The quantitative estimate of drug-likeness (QED) is 0.413. The lowest BCUT2D eigenvalue weighted by Crippen LogP contribution is -2.54. The number of amides is 1. The fourth-order valence-electron chi connectivity index (χ4n) is 6.25. The summed E-state index contributed by atoms with van der Waals surface area (Å²) in [5.41, 5.74) is 14.4. The van der Waals surface area contributed by atoms with Crippen molar-refractivity contribution in [2.75, 3.05) is 18.8 Å². The van der Waals surface area contributed by atoms with Crippen LogP contribution in [-0.2, 0) is 4.74 Å². The molecule has 2 bridgehead atoms. The Balaban J connectivity index is 0.00000294. The number of carbonyl (C=O) groups excluding carboxylic acids is 1. The Morgan fingerprint density at radius 3 is 2.55 bits per heavy atom. The molecular weight excluding hydrogens is 525 g/mol. The summed E-state index contributed by atoms with van der Waals surface area (Å²) in [6, 6.07) is 5.35. The Morgan fingerprint density at radius 1 is 1.24 bits per heavy atom. The number of H-pyrrole nitrogens is 1. The lowest BCUT2D eigenvalue weighted by molar-refractivity contribution is -0.274. The van der Waals surface area contributed by atoms with E-state index in [1.54, 1.807) is 11.1 Å². The summed E-state index contributed by atoms with van der Waals surface area (Å²) in [5.74, 6) is 0.0816. The summed E-state index contributed by atoms with van der Waals surface area (Å²) >= 11 is 0. The smallest absolute Gasteiger partial charge is 0.406 e. The Kier molecular flexibility index (Phi) is 6.27. The third-order valence-corrected chi connectivity index (χ3v) is 7.73. The molecule has 0 spiro atoms. The monoisotopic (exact) mass is 552 g/mol. The van der Waals surface area contributed by atoms with Gasteiger partial charge >= 0.3 is 6.36 Å². The van der Waals surface area contributed by atoms with Crippen LogP contribution in [0.4, 0.5) is 18.9 Å². The number of halogens is 4. The largest absolute Gasteiger partial charge is 0.573 e.